The maximum absolute atomic E-state index is 2.61. The smallest absolute Gasteiger partial charge is 0.0246 e. The van der Waals surface area contributed by atoms with E-state index in [4.69, 9.17) is 0 Å². The Morgan fingerprint density at radius 1 is 1.00 bits per heavy atom. The van der Waals surface area contributed by atoms with Crippen LogP contribution in [0.3, 0.4) is 0 Å². The van der Waals surface area contributed by atoms with Gasteiger partial charge in [-0.3, -0.25) is 0 Å². The summed E-state index contributed by atoms with van der Waals surface area (Å²) in [5.74, 6) is 4.70. The van der Waals surface area contributed by atoms with Gasteiger partial charge < -0.3 is 0 Å². The zero-order valence-corrected chi connectivity index (χ0v) is 16.0. The fraction of sp³-hybridized carbons (Fsp3) is 1.00. The molecular weight excluding hydrogens is 252 g/mol. The molecule has 1 rings (SSSR count). The molecule has 1 fully saturated rings. The highest BCUT2D eigenvalue weighted by Gasteiger charge is 2.52. The molecule has 21 heavy (non-hydrogen) atoms. The average molecular weight is 295 g/mol. The SMILES string of the molecule is CCCCC1CC1C(C)(C(C)C)C(C)CCCC(C)CC. The minimum Gasteiger partial charge on any atom is -0.0654 e. The maximum atomic E-state index is 2.61. The van der Waals surface area contributed by atoms with Gasteiger partial charge in [0.05, 0.1) is 0 Å². The summed E-state index contributed by atoms with van der Waals surface area (Å²) in [6, 6.07) is 0. The summed E-state index contributed by atoms with van der Waals surface area (Å²) in [7, 11) is 0. The Morgan fingerprint density at radius 3 is 2.19 bits per heavy atom. The zero-order chi connectivity index (χ0) is 16.0. The van der Waals surface area contributed by atoms with Crippen LogP contribution in [0.15, 0.2) is 0 Å². The van der Waals surface area contributed by atoms with Gasteiger partial charge in [-0.2, -0.15) is 0 Å². The first-order chi connectivity index (χ1) is 9.87. The van der Waals surface area contributed by atoms with Crippen LogP contribution in [0.25, 0.3) is 0 Å². The van der Waals surface area contributed by atoms with Crippen molar-refractivity contribution in [1.82, 2.24) is 0 Å². The Kier molecular flexibility index (Phi) is 7.79. The van der Waals surface area contributed by atoms with Crippen molar-refractivity contribution in [1.29, 1.82) is 0 Å². The van der Waals surface area contributed by atoms with Gasteiger partial charge in [-0.15, -0.1) is 0 Å². The van der Waals surface area contributed by atoms with Gasteiger partial charge in [0, 0.05) is 0 Å². The van der Waals surface area contributed by atoms with Crippen LogP contribution in [0.1, 0.15) is 99.8 Å². The summed E-state index contributed by atoms with van der Waals surface area (Å²) in [4.78, 5) is 0. The van der Waals surface area contributed by atoms with Crippen LogP contribution < -0.4 is 0 Å². The van der Waals surface area contributed by atoms with Gasteiger partial charge in [0.25, 0.3) is 0 Å². The van der Waals surface area contributed by atoms with E-state index in [0.717, 1.165) is 29.6 Å². The van der Waals surface area contributed by atoms with Crippen molar-refractivity contribution in [3.8, 4) is 0 Å². The number of hydrogen-bond donors (Lipinski definition) is 0. The van der Waals surface area contributed by atoms with Crippen molar-refractivity contribution in [2.75, 3.05) is 0 Å². The Labute approximate surface area is 135 Å². The fourth-order valence-corrected chi connectivity index (χ4v) is 4.45. The molecule has 0 N–H and O–H groups in total. The third kappa shape index (κ3) is 5.00. The third-order valence-electron chi connectivity index (χ3n) is 6.99. The third-order valence-corrected chi connectivity index (χ3v) is 6.99. The van der Waals surface area contributed by atoms with Gasteiger partial charge in [0.15, 0.2) is 0 Å². The van der Waals surface area contributed by atoms with E-state index in [2.05, 4.69) is 48.5 Å². The number of rotatable bonds is 11. The van der Waals surface area contributed by atoms with Crippen molar-refractivity contribution in [2.24, 2.45) is 35.0 Å². The van der Waals surface area contributed by atoms with Crippen LogP contribution in [-0.4, -0.2) is 0 Å². The summed E-state index contributed by atoms with van der Waals surface area (Å²) in [5.41, 5.74) is 0.577. The van der Waals surface area contributed by atoms with E-state index in [1.165, 1.54) is 51.4 Å². The van der Waals surface area contributed by atoms with E-state index in [-0.39, 0.29) is 0 Å². The molecule has 1 aliphatic rings. The van der Waals surface area contributed by atoms with Gasteiger partial charge in [-0.25, -0.2) is 0 Å². The minimum atomic E-state index is 0.577. The first-order valence-electron chi connectivity index (χ1n) is 9.87. The van der Waals surface area contributed by atoms with Crippen molar-refractivity contribution in [3.63, 3.8) is 0 Å². The summed E-state index contributed by atoms with van der Waals surface area (Å²) in [6.07, 6.45) is 11.5. The molecule has 1 aliphatic carbocycles. The molecule has 0 spiro atoms. The fourth-order valence-electron chi connectivity index (χ4n) is 4.45. The van der Waals surface area contributed by atoms with Crippen molar-refractivity contribution < 1.29 is 0 Å². The van der Waals surface area contributed by atoms with E-state index < -0.39 is 0 Å². The average Bonchev–Trinajstić information content (AvgIpc) is 3.23. The highest BCUT2D eigenvalue weighted by Crippen LogP contribution is 2.60. The Hall–Kier alpha value is 0. The Balaban J connectivity index is 2.51. The summed E-state index contributed by atoms with van der Waals surface area (Å²) < 4.78 is 0. The molecule has 5 atom stereocenters. The summed E-state index contributed by atoms with van der Waals surface area (Å²) in [6.45, 7) is 17.2. The molecular formula is C21H42. The van der Waals surface area contributed by atoms with Crippen molar-refractivity contribution >= 4 is 0 Å². The summed E-state index contributed by atoms with van der Waals surface area (Å²) in [5, 5.41) is 0. The van der Waals surface area contributed by atoms with Gasteiger partial charge in [0.1, 0.15) is 0 Å². The molecule has 0 bridgehead atoms. The standard InChI is InChI=1S/C21H42/c1-8-10-14-19-15-20(19)21(7,16(3)4)18(6)13-11-12-17(5)9-2/h16-20H,8-15H2,1-7H3. The molecule has 0 saturated heterocycles. The van der Waals surface area contributed by atoms with Gasteiger partial charge in [0.2, 0.25) is 0 Å². The predicted octanol–water partition coefficient (Wildman–Crippen LogP) is 7.33. The molecule has 0 aromatic carbocycles. The number of unbranched alkanes of at least 4 members (excludes halogenated alkanes) is 1. The van der Waals surface area contributed by atoms with Gasteiger partial charge >= 0.3 is 0 Å². The lowest BCUT2D eigenvalue weighted by Crippen LogP contribution is -2.34. The van der Waals surface area contributed by atoms with Crippen LogP contribution in [0.4, 0.5) is 0 Å². The van der Waals surface area contributed by atoms with Gasteiger partial charge in [-0.1, -0.05) is 93.4 Å². The van der Waals surface area contributed by atoms with E-state index in [0.29, 0.717) is 5.41 Å². The quantitative estimate of drug-likeness (QED) is 0.374. The second kappa shape index (κ2) is 8.59. The molecule has 0 heterocycles. The lowest BCUT2D eigenvalue weighted by Gasteiger charge is -2.41. The van der Waals surface area contributed by atoms with Crippen LogP contribution in [0, 0.1) is 35.0 Å². The van der Waals surface area contributed by atoms with Crippen LogP contribution in [-0.2, 0) is 0 Å². The first kappa shape index (κ1) is 19.0. The molecule has 0 heteroatoms. The van der Waals surface area contributed by atoms with Crippen molar-refractivity contribution in [3.05, 3.63) is 0 Å². The molecule has 0 nitrogen and oxygen atoms in total. The molecule has 0 amide bonds. The maximum Gasteiger partial charge on any atom is -0.0246 e. The van der Waals surface area contributed by atoms with E-state index in [1.54, 1.807) is 0 Å². The monoisotopic (exact) mass is 294 g/mol. The highest BCUT2D eigenvalue weighted by molar-refractivity contribution is 5.01. The lowest BCUT2D eigenvalue weighted by atomic mass is 9.64. The second-order valence-corrected chi connectivity index (χ2v) is 8.61. The largest absolute Gasteiger partial charge is 0.0654 e. The molecule has 5 unspecified atom stereocenters. The molecule has 0 aromatic heterocycles. The topological polar surface area (TPSA) is 0 Å². The summed E-state index contributed by atoms with van der Waals surface area (Å²) >= 11 is 0. The Bertz CT molecular complexity index is 280. The highest BCUT2D eigenvalue weighted by atomic mass is 14.6. The Morgan fingerprint density at radius 2 is 1.67 bits per heavy atom. The van der Waals surface area contributed by atoms with Gasteiger partial charge in [-0.05, 0) is 41.4 Å². The normalized spacial score (nSPS) is 27.4. The molecule has 0 aliphatic heterocycles. The number of hydrogen-bond acceptors (Lipinski definition) is 0. The predicted molar refractivity (Wildman–Crippen MR) is 96.5 cm³/mol. The van der Waals surface area contributed by atoms with Crippen LogP contribution in [0.2, 0.25) is 0 Å². The lowest BCUT2D eigenvalue weighted by molar-refractivity contribution is 0.0768. The zero-order valence-electron chi connectivity index (χ0n) is 16.0. The van der Waals surface area contributed by atoms with Crippen LogP contribution >= 0.6 is 0 Å². The molecule has 0 radical (unpaired) electrons. The second-order valence-electron chi connectivity index (χ2n) is 8.61. The van der Waals surface area contributed by atoms with E-state index in [9.17, 15) is 0 Å². The molecule has 0 aromatic rings. The molecule has 1 saturated carbocycles. The van der Waals surface area contributed by atoms with E-state index >= 15 is 0 Å². The van der Waals surface area contributed by atoms with Crippen molar-refractivity contribution in [2.45, 2.75) is 99.8 Å². The molecule has 126 valence electrons. The minimum absolute atomic E-state index is 0.577. The van der Waals surface area contributed by atoms with Crippen LogP contribution in [0.5, 0.6) is 0 Å². The first-order valence-corrected chi connectivity index (χ1v) is 9.87. The van der Waals surface area contributed by atoms with E-state index in [1.807, 2.05) is 0 Å².